The van der Waals surface area contributed by atoms with Crippen LogP contribution in [0.2, 0.25) is 0 Å². The number of halogens is 5. The van der Waals surface area contributed by atoms with Crippen molar-refractivity contribution in [3.63, 3.8) is 0 Å². The molecule has 1 rings (SSSR count). The van der Waals surface area contributed by atoms with Crippen LogP contribution in [-0.2, 0) is 0 Å². The highest BCUT2D eigenvalue weighted by atomic mass is 79.9. The van der Waals surface area contributed by atoms with Gasteiger partial charge in [0, 0.05) is 8.96 Å². The maximum atomic E-state index is 12.6. The first-order valence-corrected chi connectivity index (χ1v) is 5.57. The zero-order chi connectivity index (χ0) is 12.0. The Hall–Kier alpha value is -0.0100. The van der Waals surface area contributed by atoms with Gasteiger partial charge in [0.05, 0.1) is 0 Å². The number of dihydropyridines is 1. The minimum absolute atomic E-state index is 0.0233. The summed E-state index contributed by atoms with van der Waals surface area (Å²) in [6.45, 7) is 3.03. The zero-order valence-electron chi connectivity index (χ0n) is 7.97. The quantitative estimate of drug-likeness (QED) is 0.705. The van der Waals surface area contributed by atoms with Gasteiger partial charge in [0.1, 0.15) is 11.4 Å². The van der Waals surface area contributed by atoms with Crippen molar-refractivity contribution in [1.82, 2.24) is 5.32 Å². The van der Waals surface area contributed by atoms with Crippen molar-refractivity contribution >= 4 is 31.9 Å². The summed E-state index contributed by atoms with van der Waals surface area (Å²) in [7, 11) is 0. The highest BCUT2D eigenvalue weighted by Gasteiger charge is 2.43. The Morgan fingerprint density at radius 2 is 1.80 bits per heavy atom. The first-order chi connectivity index (χ1) is 6.57. The van der Waals surface area contributed by atoms with Gasteiger partial charge in [-0.15, -0.1) is 0 Å². The van der Waals surface area contributed by atoms with Gasteiger partial charge in [0.15, 0.2) is 0 Å². The molecule has 1 aliphatic heterocycles. The van der Waals surface area contributed by atoms with Gasteiger partial charge in [0.2, 0.25) is 0 Å². The third-order valence-corrected chi connectivity index (χ3v) is 4.41. The highest BCUT2D eigenvalue weighted by molar-refractivity contribution is 9.12. The molecule has 0 aliphatic carbocycles. The van der Waals surface area contributed by atoms with E-state index in [-0.39, 0.29) is 4.48 Å². The van der Waals surface area contributed by atoms with Crippen molar-refractivity contribution in [1.29, 1.82) is 0 Å². The van der Waals surface area contributed by atoms with E-state index < -0.39 is 17.5 Å². The Labute approximate surface area is 102 Å². The predicted molar refractivity (Wildman–Crippen MR) is 59.4 cm³/mol. The summed E-state index contributed by atoms with van der Waals surface area (Å²) >= 11 is 6.07. The lowest BCUT2D eigenvalue weighted by atomic mass is 10.0. The van der Waals surface area contributed by atoms with Crippen molar-refractivity contribution in [2.45, 2.75) is 25.7 Å². The normalized spacial score (nSPS) is 28.3. The van der Waals surface area contributed by atoms with Crippen LogP contribution in [0.1, 0.15) is 13.8 Å². The van der Waals surface area contributed by atoms with Crippen molar-refractivity contribution in [2.24, 2.45) is 5.73 Å². The molecule has 0 amide bonds. The van der Waals surface area contributed by atoms with Crippen molar-refractivity contribution < 1.29 is 13.2 Å². The Morgan fingerprint density at radius 1 is 1.33 bits per heavy atom. The summed E-state index contributed by atoms with van der Waals surface area (Å²) in [5, 5.41) is 2.24. The van der Waals surface area contributed by atoms with Crippen LogP contribution in [0, 0.1) is 0 Å². The van der Waals surface area contributed by atoms with Gasteiger partial charge in [-0.1, -0.05) is 15.9 Å². The second-order valence-corrected chi connectivity index (χ2v) is 5.04. The summed E-state index contributed by atoms with van der Waals surface area (Å²) in [6.07, 6.45) is -4.45. The molecule has 7 heteroatoms. The number of alkyl halides is 3. The first kappa shape index (κ1) is 13.1. The Kier molecular flexibility index (Phi) is 3.29. The molecule has 0 aromatic carbocycles. The fourth-order valence-corrected chi connectivity index (χ4v) is 2.32. The van der Waals surface area contributed by atoms with E-state index in [1.807, 2.05) is 0 Å². The van der Waals surface area contributed by atoms with Gasteiger partial charge in [0.25, 0.3) is 0 Å². The summed E-state index contributed by atoms with van der Waals surface area (Å²) in [4.78, 5) is 0. The lowest BCUT2D eigenvalue weighted by Gasteiger charge is -2.35. The molecule has 1 aliphatic rings. The molecule has 0 saturated carbocycles. The summed E-state index contributed by atoms with van der Waals surface area (Å²) in [6, 6.07) is 0. The average molecular weight is 350 g/mol. The van der Waals surface area contributed by atoms with Crippen molar-refractivity contribution in [2.75, 3.05) is 0 Å². The number of allylic oxidation sites excluding steroid dienone is 3. The largest absolute Gasteiger partial charge is 0.432 e. The number of nitrogens with one attached hydrogen (secondary N) is 1. The van der Waals surface area contributed by atoms with Crippen LogP contribution < -0.4 is 11.1 Å². The molecule has 1 unspecified atom stereocenters. The highest BCUT2D eigenvalue weighted by Crippen LogP contribution is 2.40. The molecule has 0 spiro atoms. The Balaban J connectivity index is 3.33. The van der Waals surface area contributed by atoms with E-state index in [2.05, 4.69) is 37.2 Å². The van der Waals surface area contributed by atoms with E-state index in [0.29, 0.717) is 10.1 Å². The Morgan fingerprint density at radius 3 is 2.20 bits per heavy atom. The minimum Gasteiger partial charge on any atom is -0.359 e. The van der Waals surface area contributed by atoms with E-state index in [4.69, 9.17) is 5.73 Å². The molecular weight excluding hydrogens is 341 g/mol. The molecular formula is C8H9Br2F3N2. The molecule has 0 radical (unpaired) electrons. The number of hydrogen-bond acceptors (Lipinski definition) is 2. The maximum Gasteiger partial charge on any atom is 0.432 e. The molecule has 2 nitrogen and oxygen atoms in total. The van der Waals surface area contributed by atoms with Crippen LogP contribution >= 0.6 is 31.9 Å². The second-order valence-electron chi connectivity index (χ2n) is 3.45. The van der Waals surface area contributed by atoms with Crippen LogP contribution in [0.4, 0.5) is 13.2 Å². The third kappa shape index (κ3) is 2.39. The van der Waals surface area contributed by atoms with E-state index in [9.17, 15) is 13.2 Å². The van der Waals surface area contributed by atoms with Gasteiger partial charge in [-0.2, -0.15) is 13.2 Å². The van der Waals surface area contributed by atoms with Gasteiger partial charge in [-0.05, 0) is 35.4 Å². The molecule has 0 bridgehead atoms. The predicted octanol–water partition coefficient (Wildman–Crippen LogP) is 3.10. The van der Waals surface area contributed by atoms with Crippen LogP contribution in [0.5, 0.6) is 0 Å². The van der Waals surface area contributed by atoms with Gasteiger partial charge in [-0.3, -0.25) is 0 Å². The van der Waals surface area contributed by atoms with E-state index in [0.717, 1.165) is 0 Å². The Bertz CT molecular complexity index is 355. The average Bonchev–Trinajstić information content (AvgIpc) is 2.07. The first-order valence-electron chi connectivity index (χ1n) is 3.98. The van der Waals surface area contributed by atoms with Crippen LogP contribution in [0.25, 0.3) is 0 Å². The molecule has 1 atom stereocenters. The van der Waals surface area contributed by atoms with E-state index in [1.165, 1.54) is 6.92 Å². The third-order valence-electron chi connectivity index (χ3n) is 2.00. The van der Waals surface area contributed by atoms with Gasteiger partial charge >= 0.3 is 6.18 Å². The molecule has 0 saturated heterocycles. The fraction of sp³-hybridized carbons (Fsp3) is 0.500. The number of nitrogens with two attached hydrogens (primary N) is 1. The molecule has 86 valence electrons. The monoisotopic (exact) mass is 348 g/mol. The topological polar surface area (TPSA) is 38.0 Å². The molecule has 3 N–H and O–H groups in total. The van der Waals surface area contributed by atoms with Gasteiger partial charge < -0.3 is 11.1 Å². The molecule has 1 heterocycles. The van der Waals surface area contributed by atoms with Crippen molar-refractivity contribution in [3.05, 3.63) is 20.2 Å². The summed E-state index contributed by atoms with van der Waals surface area (Å²) < 4.78 is 38.2. The van der Waals surface area contributed by atoms with Crippen molar-refractivity contribution in [3.8, 4) is 0 Å². The molecule has 0 aromatic rings. The molecule has 0 aromatic heterocycles. The summed E-state index contributed by atoms with van der Waals surface area (Å²) in [5.41, 5.74) is 4.03. The van der Waals surface area contributed by atoms with Crippen LogP contribution in [0.3, 0.4) is 0 Å². The minimum atomic E-state index is -4.45. The molecule has 0 fully saturated rings. The maximum absolute atomic E-state index is 12.6. The van der Waals surface area contributed by atoms with E-state index >= 15 is 0 Å². The standard InChI is InChI=1S/C8H9Br2F3N2/c1-3-4(9)6(8(11,12)13)15-7(2,14)5(3)10/h15H,14H2,1-2H3. The second kappa shape index (κ2) is 3.78. The SMILES string of the molecule is CC1=C(Br)C(C)(N)NC(C(F)(F)F)=C1Br. The van der Waals surface area contributed by atoms with E-state index in [1.54, 1.807) is 6.92 Å². The summed E-state index contributed by atoms with van der Waals surface area (Å²) in [5.74, 6) is 0. The number of rotatable bonds is 0. The lowest BCUT2D eigenvalue weighted by molar-refractivity contribution is -0.0993. The lowest BCUT2D eigenvalue weighted by Crippen LogP contribution is -2.55. The number of hydrogen-bond donors (Lipinski definition) is 2. The van der Waals surface area contributed by atoms with Gasteiger partial charge in [-0.25, -0.2) is 0 Å². The molecule has 15 heavy (non-hydrogen) atoms. The fourth-order valence-electron chi connectivity index (χ4n) is 1.24. The van der Waals surface area contributed by atoms with Crippen LogP contribution in [-0.4, -0.2) is 11.8 Å². The zero-order valence-corrected chi connectivity index (χ0v) is 11.1. The van der Waals surface area contributed by atoms with Crippen LogP contribution in [0.15, 0.2) is 20.2 Å². The smallest absolute Gasteiger partial charge is 0.359 e.